The third-order valence-electron chi connectivity index (χ3n) is 4.80. The molecular formula is C21H23NSi. The average Bonchev–Trinajstić information content (AvgIpc) is 2.65. The molecule has 0 aliphatic carbocycles. The zero-order valence-corrected chi connectivity index (χ0v) is 15.7. The van der Waals surface area contributed by atoms with Gasteiger partial charge < -0.3 is 4.98 Å². The van der Waals surface area contributed by atoms with E-state index in [1.807, 2.05) is 0 Å². The Hall–Kier alpha value is -2.16. The van der Waals surface area contributed by atoms with Gasteiger partial charge in [-0.25, -0.2) is 0 Å². The monoisotopic (exact) mass is 317 g/mol. The Morgan fingerprint density at radius 1 is 0.696 bits per heavy atom. The van der Waals surface area contributed by atoms with E-state index in [9.17, 15) is 0 Å². The van der Waals surface area contributed by atoms with E-state index in [0.717, 1.165) is 10.4 Å². The highest BCUT2D eigenvalue weighted by molar-refractivity contribution is 6.05. The van der Waals surface area contributed by atoms with Crippen molar-refractivity contribution in [1.29, 1.82) is 0 Å². The normalized spacial score (nSPS) is 12.9. The summed E-state index contributed by atoms with van der Waals surface area (Å²) in [6.07, 6.45) is 0. The summed E-state index contributed by atoms with van der Waals surface area (Å²) >= 11 is 0. The zero-order valence-electron chi connectivity index (χ0n) is 13.7. The highest BCUT2D eigenvalue weighted by atomic mass is 28.2. The summed E-state index contributed by atoms with van der Waals surface area (Å²) < 4.78 is 0. The van der Waals surface area contributed by atoms with Crippen LogP contribution < -0.4 is 4.98 Å². The van der Waals surface area contributed by atoms with E-state index in [1.54, 1.807) is 0 Å². The molecule has 0 radical (unpaired) electrons. The minimum atomic E-state index is -0.198. The van der Waals surface area contributed by atoms with Crippen molar-refractivity contribution in [2.24, 2.45) is 0 Å². The van der Waals surface area contributed by atoms with Crippen LogP contribution in [0.5, 0.6) is 0 Å². The fourth-order valence-electron chi connectivity index (χ4n) is 3.57. The Morgan fingerprint density at radius 2 is 1.09 bits per heavy atom. The maximum Gasteiger partial charge on any atom is 0.0764 e. The van der Waals surface area contributed by atoms with Crippen molar-refractivity contribution < 1.29 is 0 Å². The minimum Gasteiger partial charge on any atom is -0.333 e. The number of benzene rings is 3. The highest BCUT2D eigenvalue weighted by Gasteiger charge is 2.38. The lowest BCUT2D eigenvalue weighted by Crippen LogP contribution is -2.46. The Kier molecular flexibility index (Phi) is 4.75. The molecule has 0 saturated carbocycles. The van der Waals surface area contributed by atoms with Crippen molar-refractivity contribution in [3.8, 4) is 0 Å². The summed E-state index contributed by atoms with van der Waals surface area (Å²) in [7, 11) is 0.915. The van der Waals surface area contributed by atoms with Crippen LogP contribution in [0.3, 0.4) is 0 Å². The standard InChI is InChI=1S/C21H23NSi/c1-17(18-11-5-2-6-12-18)21(22-23,19-13-7-3-8-14-19)20-15-9-4-10-16-20/h2-17,22H,1,23H3. The van der Waals surface area contributed by atoms with Gasteiger partial charge in [0, 0.05) is 5.92 Å². The van der Waals surface area contributed by atoms with Gasteiger partial charge in [-0.1, -0.05) is 97.9 Å². The van der Waals surface area contributed by atoms with Gasteiger partial charge in [0.2, 0.25) is 0 Å². The topological polar surface area (TPSA) is 12.0 Å². The molecule has 1 atom stereocenters. The molecule has 0 spiro atoms. The van der Waals surface area contributed by atoms with Crippen molar-refractivity contribution in [3.63, 3.8) is 0 Å². The van der Waals surface area contributed by atoms with E-state index in [0.29, 0.717) is 5.92 Å². The molecule has 23 heavy (non-hydrogen) atoms. The molecule has 0 saturated heterocycles. The second-order valence-corrected chi connectivity index (χ2v) is 6.42. The van der Waals surface area contributed by atoms with Crippen LogP contribution in [0.15, 0.2) is 91.0 Å². The molecule has 0 amide bonds. The lowest BCUT2D eigenvalue weighted by atomic mass is 9.72. The van der Waals surface area contributed by atoms with Crippen LogP contribution in [0.25, 0.3) is 0 Å². The van der Waals surface area contributed by atoms with Gasteiger partial charge in [0.05, 0.1) is 15.9 Å². The van der Waals surface area contributed by atoms with Gasteiger partial charge in [0.1, 0.15) is 0 Å². The maximum atomic E-state index is 3.79. The molecule has 1 nitrogen and oxygen atoms in total. The first-order valence-corrected chi connectivity index (χ1v) is 9.14. The number of nitrogens with one attached hydrogen (secondary N) is 1. The molecule has 3 aromatic carbocycles. The van der Waals surface area contributed by atoms with E-state index < -0.39 is 0 Å². The quantitative estimate of drug-likeness (QED) is 0.709. The summed E-state index contributed by atoms with van der Waals surface area (Å²) in [4.78, 5) is 3.79. The first-order chi connectivity index (χ1) is 11.3. The van der Waals surface area contributed by atoms with Gasteiger partial charge >= 0.3 is 0 Å². The van der Waals surface area contributed by atoms with Gasteiger partial charge in [-0.3, -0.25) is 0 Å². The molecule has 2 heteroatoms. The Balaban J connectivity index is 2.21. The van der Waals surface area contributed by atoms with Crippen LogP contribution in [0.4, 0.5) is 0 Å². The van der Waals surface area contributed by atoms with Crippen LogP contribution in [-0.2, 0) is 5.54 Å². The minimum absolute atomic E-state index is 0.198. The van der Waals surface area contributed by atoms with Gasteiger partial charge in [0.25, 0.3) is 0 Å². The summed E-state index contributed by atoms with van der Waals surface area (Å²) in [6, 6.07) is 32.4. The fourth-order valence-corrected chi connectivity index (χ4v) is 4.58. The molecule has 0 heterocycles. The summed E-state index contributed by atoms with van der Waals surface area (Å²) in [5.74, 6) is 0.325. The predicted octanol–water partition coefficient (Wildman–Crippen LogP) is 3.60. The fraction of sp³-hybridized carbons (Fsp3) is 0.143. The van der Waals surface area contributed by atoms with E-state index in [2.05, 4.69) is 103 Å². The van der Waals surface area contributed by atoms with E-state index in [4.69, 9.17) is 0 Å². The smallest absolute Gasteiger partial charge is 0.0764 e. The Bertz CT molecular complexity index is 686. The molecule has 0 aliphatic heterocycles. The van der Waals surface area contributed by atoms with Gasteiger partial charge in [-0.2, -0.15) is 0 Å². The van der Waals surface area contributed by atoms with E-state index in [1.165, 1.54) is 16.7 Å². The average molecular weight is 318 g/mol. The van der Waals surface area contributed by atoms with Crippen LogP contribution >= 0.6 is 0 Å². The SMILES string of the molecule is CC(c1ccccc1)C(N[SiH3])(c1ccccc1)c1ccccc1. The second kappa shape index (κ2) is 6.94. The molecular weight excluding hydrogens is 294 g/mol. The molecule has 1 N–H and O–H groups in total. The van der Waals surface area contributed by atoms with E-state index in [-0.39, 0.29) is 5.54 Å². The largest absolute Gasteiger partial charge is 0.333 e. The second-order valence-electron chi connectivity index (χ2n) is 5.92. The van der Waals surface area contributed by atoms with Crippen LogP contribution in [0.2, 0.25) is 0 Å². The Labute approximate surface area is 141 Å². The maximum absolute atomic E-state index is 3.79. The summed E-state index contributed by atoms with van der Waals surface area (Å²) in [5.41, 5.74) is 3.79. The molecule has 3 rings (SSSR count). The lowest BCUT2D eigenvalue weighted by molar-refractivity contribution is 0.411. The van der Waals surface area contributed by atoms with Crippen LogP contribution in [0.1, 0.15) is 29.5 Å². The molecule has 0 fully saturated rings. The first-order valence-electron chi connectivity index (χ1n) is 8.14. The number of hydrogen-bond acceptors (Lipinski definition) is 1. The van der Waals surface area contributed by atoms with Crippen LogP contribution in [0, 0.1) is 0 Å². The Morgan fingerprint density at radius 3 is 1.48 bits per heavy atom. The van der Waals surface area contributed by atoms with Crippen molar-refractivity contribution in [2.75, 3.05) is 0 Å². The van der Waals surface area contributed by atoms with Crippen molar-refractivity contribution >= 4 is 10.4 Å². The van der Waals surface area contributed by atoms with Crippen molar-refractivity contribution in [1.82, 2.24) is 4.98 Å². The van der Waals surface area contributed by atoms with E-state index >= 15 is 0 Å². The van der Waals surface area contributed by atoms with Crippen molar-refractivity contribution in [3.05, 3.63) is 108 Å². The lowest BCUT2D eigenvalue weighted by Gasteiger charge is -2.41. The molecule has 0 aliphatic rings. The molecule has 1 unspecified atom stereocenters. The van der Waals surface area contributed by atoms with Crippen molar-refractivity contribution in [2.45, 2.75) is 18.4 Å². The number of rotatable bonds is 5. The molecule has 0 bridgehead atoms. The zero-order chi connectivity index (χ0) is 16.1. The van der Waals surface area contributed by atoms with Gasteiger partial charge in [-0.05, 0) is 16.7 Å². The predicted molar refractivity (Wildman–Crippen MR) is 102 cm³/mol. The van der Waals surface area contributed by atoms with Crippen LogP contribution in [-0.4, -0.2) is 10.4 Å². The number of hydrogen-bond donors (Lipinski definition) is 1. The summed E-state index contributed by atoms with van der Waals surface area (Å²) in [5, 5.41) is 0. The molecule has 0 aromatic heterocycles. The third-order valence-corrected chi connectivity index (χ3v) is 5.59. The van der Waals surface area contributed by atoms with Gasteiger partial charge in [0.15, 0.2) is 0 Å². The summed E-state index contributed by atoms with van der Waals surface area (Å²) in [6.45, 7) is 2.32. The third kappa shape index (κ3) is 2.88. The van der Waals surface area contributed by atoms with Gasteiger partial charge in [-0.15, -0.1) is 0 Å². The first kappa shape index (κ1) is 15.7. The molecule has 3 aromatic rings. The highest BCUT2D eigenvalue weighted by Crippen LogP contribution is 2.41. The molecule has 116 valence electrons.